The molecule has 22 heavy (non-hydrogen) atoms. The van der Waals surface area contributed by atoms with Crippen LogP contribution in [-0.2, 0) is 13.2 Å². The summed E-state index contributed by atoms with van der Waals surface area (Å²) in [5.41, 5.74) is -1.40. The van der Waals surface area contributed by atoms with E-state index in [-0.39, 0.29) is 32.8 Å². The highest BCUT2D eigenvalue weighted by molar-refractivity contribution is 6.43. The van der Waals surface area contributed by atoms with Crippen LogP contribution in [0.3, 0.4) is 0 Å². The van der Waals surface area contributed by atoms with E-state index in [0.29, 0.717) is 6.07 Å². The van der Waals surface area contributed by atoms with Crippen molar-refractivity contribution in [3.05, 3.63) is 39.1 Å². The Bertz CT molecular complexity index is 841. The van der Waals surface area contributed by atoms with E-state index in [9.17, 15) is 13.2 Å². The number of aromatic nitrogens is 2. The minimum Gasteiger partial charge on any atom is -0.318 e. The van der Waals surface area contributed by atoms with Crippen LogP contribution < -0.4 is 0 Å². The van der Waals surface area contributed by atoms with Gasteiger partial charge in [0.1, 0.15) is 18.0 Å². The molecule has 0 saturated heterocycles. The topological polar surface area (TPSA) is 65.4 Å². The molecule has 0 N–H and O–H groups in total. The van der Waals surface area contributed by atoms with E-state index in [1.807, 2.05) is 0 Å². The van der Waals surface area contributed by atoms with Crippen molar-refractivity contribution in [3.8, 4) is 23.5 Å². The molecule has 0 radical (unpaired) electrons. The van der Waals surface area contributed by atoms with E-state index in [1.165, 1.54) is 11.6 Å². The average molecular weight is 345 g/mol. The lowest BCUT2D eigenvalue weighted by Crippen LogP contribution is -2.06. The first-order chi connectivity index (χ1) is 10.2. The van der Waals surface area contributed by atoms with E-state index in [4.69, 9.17) is 33.7 Å². The van der Waals surface area contributed by atoms with Crippen LogP contribution in [-0.4, -0.2) is 9.55 Å². The van der Waals surface area contributed by atoms with Gasteiger partial charge in [0, 0.05) is 12.6 Å². The maximum atomic E-state index is 12.9. The molecular weight excluding hydrogens is 340 g/mol. The van der Waals surface area contributed by atoms with E-state index in [1.54, 1.807) is 12.1 Å². The predicted molar refractivity (Wildman–Crippen MR) is 73.1 cm³/mol. The summed E-state index contributed by atoms with van der Waals surface area (Å²) < 4.78 is 39.8. The number of alkyl halides is 3. The Hall–Kier alpha value is -2.22. The van der Waals surface area contributed by atoms with Crippen LogP contribution in [0.5, 0.6) is 0 Å². The molecule has 0 atom stereocenters. The Kier molecular flexibility index (Phi) is 4.06. The second-order valence-electron chi connectivity index (χ2n) is 4.23. The number of nitriles is 2. The van der Waals surface area contributed by atoms with Crippen LogP contribution in [0.1, 0.15) is 17.0 Å². The van der Waals surface area contributed by atoms with Crippen molar-refractivity contribution in [2.24, 2.45) is 7.05 Å². The summed E-state index contributed by atoms with van der Waals surface area (Å²) in [6, 6.07) is 4.94. The Morgan fingerprint density at radius 2 is 1.82 bits per heavy atom. The number of benzene rings is 1. The molecule has 1 heterocycles. The van der Waals surface area contributed by atoms with Gasteiger partial charge < -0.3 is 4.57 Å². The third kappa shape index (κ3) is 2.61. The molecule has 9 heteroatoms. The number of hydrogen-bond donors (Lipinski definition) is 0. The Labute approximate surface area is 132 Å². The summed E-state index contributed by atoms with van der Waals surface area (Å²) >= 11 is 11.7. The molecule has 1 aromatic heterocycles. The first-order valence-corrected chi connectivity index (χ1v) is 6.39. The highest BCUT2D eigenvalue weighted by Crippen LogP contribution is 2.40. The van der Waals surface area contributed by atoms with E-state index >= 15 is 0 Å². The first kappa shape index (κ1) is 16.2. The zero-order valence-corrected chi connectivity index (χ0v) is 12.3. The van der Waals surface area contributed by atoms with Crippen LogP contribution in [0.2, 0.25) is 10.0 Å². The van der Waals surface area contributed by atoms with Crippen LogP contribution in [0.4, 0.5) is 13.2 Å². The van der Waals surface area contributed by atoms with Crippen LogP contribution in [0.25, 0.3) is 11.4 Å². The highest BCUT2D eigenvalue weighted by Gasteiger charge is 2.33. The first-order valence-electron chi connectivity index (χ1n) is 5.64. The number of rotatable bonds is 1. The molecule has 1 aromatic carbocycles. The summed E-state index contributed by atoms with van der Waals surface area (Å²) in [7, 11) is 1.40. The molecule has 0 unspecified atom stereocenters. The van der Waals surface area contributed by atoms with Crippen molar-refractivity contribution in [2.75, 3.05) is 0 Å². The summed E-state index contributed by atoms with van der Waals surface area (Å²) in [5.74, 6) is -0.0499. The molecule has 112 valence electrons. The molecule has 4 nitrogen and oxygen atoms in total. The fraction of sp³-hybridized carbons (Fsp3) is 0.154. The molecule has 0 aliphatic rings. The minimum absolute atomic E-state index is 0.0499. The van der Waals surface area contributed by atoms with Crippen molar-refractivity contribution in [3.63, 3.8) is 0 Å². The monoisotopic (exact) mass is 344 g/mol. The molecule has 0 fully saturated rings. The standard InChI is InChI=1S/C13H5Cl2F3N4/c1-22-10(5-20)9(4-19)21-12(22)7-2-6(13(16,17)18)3-8(14)11(7)15/h2-3H,1H3. The Morgan fingerprint density at radius 1 is 1.18 bits per heavy atom. The number of halogens is 5. The normalized spacial score (nSPS) is 11.1. The summed E-state index contributed by atoms with van der Waals surface area (Å²) in [6.07, 6.45) is -4.62. The maximum Gasteiger partial charge on any atom is 0.416 e. The average Bonchev–Trinajstić information content (AvgIpc) is 2.76. The maximum absolute atomic E-state index is 12.9. The smallest absolute Gasteiger partial charge is 0.318 e. The lowest BCUT2D eigenvalue weighted by atomic mass is 10.1. The molecule has 0 saturated carbocycles. The molecule has 0 aliphatic carbocycles. The number of hydrogen-bond acceptors (Lipinski definition) is 3. The van der Waals surface area contributed by atoms with Gasteiger partial charge >= 0.3 is 6.18 Å². The second kappa shape index (κ2) is 5.53. The van der Waals surface area contributed by atoms with Crippen LogP contribution in [0.15, 0.2) is 12.1 Å². The number of imidazole rings is 1. The molecular formula is C13H5Cl2F3N4. The van der Waals surface area contributed by atoms with Gasteiger partial charge in [-0.05, 0) is 12.1 Å². The summed E-state index contributed by atoms with van der Waals surface area (Å²) in [5, 5.41) is 17.5. The second-order valence-corrected chi connectivity index (χ2v) is 5.02. The number of nitrogens with zero attached hydrogens (tertiary/aromatic N) is 4. The fourth-order valence-electron chi connectivity index (χ4n) is 1.86. The van der Waals surface area contributed by atoms with Gasteiger partial charge in [0.05, 0.1) is 15.6 Å². The van der Waals surface area contributed by atoms with Gasteiger partial charge in [0.15, 0.2) is 11.4 Å². The van der Waals surface area contributed by atoms with Gasteiger partial charge in [-0.3, -0.25) is 0 Å². The van der Waals surface area contributed by atoms with Gasteiger partial charge in [-0.15, -0.1) is 0 Å². The SMILES string of the molecule is Cn1c(-c2cc(C(F)(F)F)cc(Cl)c2Cl)nc(C#N)c1C#N. The lowest BCUT2D eigenvalue weighted by Gasteiger charge is -2.12. The van der Waals surface area contributed by atoms with E-state index in [0.717, 1.165) is 6.07 Å². The predicted octanol–water partition coefficient (Wildman–Crippen LogP) is 4.16. The fourth-order valence-corrected chi connectivity index (χ4v) is 2.27. The highest BCUT2D eigenvalue weighted by atomic mass is 35.5. The summed E-state index contributed by atoms with van der Waals surface area (Å²) in [6.45, 7) is 0. The lowest BCUT2D eigenvalue weighted by molar-refractivity contribution is -0.137. The molecule has 0 bridgehead atoms. The van der Waals surface area contributed by atoms with Crippen molar-refractivity contribution in [1.82, 2.24) is 9.55 Å². The molecule has 0 aliphatic heterocycles. The van der Waals surface area contributed by atoms with Gasteiger partial charge in [-0.25, -0.2) is 4.98 Å². The van der Waals surface area contributed by atoms with Gasteiger partial charge in [-0.2, -0.15) is 23.7 Å². The molecule has 2 rings (SSSR count). The molecule has 2 aromatic rings. The van der Waals surface area contributed by atoms with Gasteiger partial charge in [0.2, 0.25) is 0 Å². The molecule has 0 spiro atoms. The van der Waals surface area contributed by atoms with Crippen molar-refractivity contribution in [2.45, 2.75) is 6.18 Å². The Balaban J connectivity index is 2.79. The van der Waals surface area contributed by atoms with E-state index in [2.05, 4.69) is 4.98 Å². The quantitative estimate of drug-likeness (QED) is 0.780. The zero-order valence-electron chi connectivity index (χ0n) is 10.8. The largest absolute Gasteiger partial charge is 0.416 e. The van der Waals surface area contributed by atoms with E-state index < -0.39 is 11.7 Å². The molecule has 0 amide bonds. The van der Waals surface area contributed by atoms with Gasteiger partial charge in [0.25, 0.3) is 0 Å². The third-order valence-corrected chi connectivity index (χ3v) is 3.71. The Morgan fingerprint density at radius 3 is 2.27 bits per heavy atom. The third-order valence-electron chi connectivity index (χ3n) is 2.90. The van der Waals surface area contributed by atoms with Crippen LogP contribution in [0, 0.1) is 22.7 Å². The van der Waals surface area contributed by atoms with Crippen LogP contribution >= 0.6 is 23.2 Å². The summed E-state index contributed by atoms with van der Waals surface area (Å²) in [4.78, 5) is 3.86. The van der Waals surface area contributed by atoms with Gasteiger partial charge in [-0.1, -0.05) is 23.2 Å². The van der Waals surface area contributed by atoms with Crippen molar-refractivity contribution in [1.29, 1.82) is 10.5 Å². The zero-order chi connectivity index (χ0) is 16.7. The van der Waals surface area contributed by atoms with Crippen molar-refractivity contribution >= 4 is 23.2 Å². The minimum atomic E-state index is -4.62. The van der Waals surface area contributed by atoms with Crippen molar-refractivity contribution < 1.29 is 13.2 Å².